The van der Waals surface area contributed by atoms with E-state index in [1.807, 2.05) is 41.5 Å². The van der Waals surface area contributed by atoms with E-state index in [1.165, 1.54) is 12.1 Å². The molecule has 0 radical (unpaired) electrons. The molecular formula is C22H54O6SSi4. The Balaban J connectivity index is 4.87. The standard InChI is InChI=1S/C22H54O6SSi4/c1-11-23-32(24-12-2,25-13-3)21-17-19-30(7,8)29-31(9,10)20-18-22-33(26-14-4,27-15-5)28-16-6/h11-22H2,1-10H3. The molecule has 0 aromatic heterocycles. The van der Waals surface area contributed by atoms with Crippen LogP contribution in [0.25, 0.3) is 0 Å². The lowest BCUT2D eigenvalue weighted by Crippen LogP contribution is -2.46. The van der Waals surface area contributed by atoms with Gasteiger partial charge in [0, 0.05) is 51.7 Å². The van der Waals surface area contributed by atoms with Gasteiger partial charge in [0.1, 0.15) is 14.4 Å². The minimum Gasteiger partial charge on any atom is -0.374 e. The van der Waals surface area contributed by atoms with E-state index in [-0.39, 0.29) is 0 Å². The third-order valence-corrected chi connectivity index (χ3v) is 30.3. The van der Waals surface area contributed by atoms with Gasteiger partial charge in [0.15, 0.2) is 0 Å². The molecular weight excluding hydrogens is 505 g/mol. The molecule has 0 N–H and O–H groups in total. The van der Waals surface area contributed by atoms with Crippen LogP contribution in [0.2, 0.25) is 50.4 Å². The van der Waals surface area contributed by atoms with Crippen LogP contribution in [0.3, 0.4) is 0 Å². The van der Waals surface area contributed by atoms with Crippen molar-refractivity contribution in [3.05, 3.63) is 0 Å². The van der Waals surface area contributed by atoms with Crippen LogP contribution in [-0.4, -0.2) is 71.7 Å². The first-order valence-electron chi connectivity index (χ1n) is 13.0. The van der Waals surface area contributed by atoms with Gasteiger partial charge < -0.3 is 26.6 Å². The summed E-state index contributed by atoms with van der Waals surface area (Å²) in [5.74, 6) is 0. The molecule has 0 aliphatic heterocycles. The molecule has 0 unspecified atom stereocenters. The molecule has 6 nitrogen and oxygen atoms in total. The van der Waals surface area contributed by atoms with E-state index >= 15 is 0 Å². The Hall–Kier alpha value is 0.978. The molecule has 0 aliphatic rings. The Morgan fingerprint density at radius 3 is 0.879 bits per heavy atom. The summed E-state index contributed by atoms with van der Waals surface area (Å²) in [5, 5.41) is 0. The molecule has 33 heavy (non-hydrogen) atoms. The van der Waals surface area contributed by atoms with Crippen LogP contribution in [0.4, 0.5) is 0 Å². The predicted octanol–water partition coefficient (Wildman–Crippen LogP) is 7.01. The average molecular weight is 559 g/mol. The lowest BCUT2D eigenvalue weighted by atomic mass is 10.6. The van der Waals surface area contributed by atoms with Gasteiger partial charge in [-0.2, -0.15) is 0 Å². The summed E-state index contributed by atoms with van der Waals surface area (Å²) in [6.07, 6.45) is 2.25. The number of rotatable bonds is 22. The molecule has 11 heteroatoms. The van der Waals surface area contributed by atoms with Gasteiger partial charge in [-0.05, 0) is 53.6 Å². The normalized spacial score (nSPS) is 13.6. The summed E-state index contributed by atoms with van der Waals surface area (Å²) in [4.78, 5) is 0. The minimum atomic E-state index is -2.53. The van der Waals surface area contributed by atoms with Crippen molar-refractivity contribution in [2.75, 3.05) is 39.6 Å². The topological polar surface area (TPSA) is 55.4 Å². The van der Waals surface area contributed by atoms with Crippen LogP contribution in [0.15, 0.2) is 0 Å². The first-order chi connectivity index (χ1) is 15.5. The molecule has 0 aromatic carbocycles. The van der Waals surface area contributed by atoms with Gasteiger partial charge in [-0.3, -0.25) is 0 Å². The lowest BCUT2D eigenvalue weighted by molar-refractivity contribution is 0.0703. The highest BCUT2D eigenvalue weighted by molar-refractivity contribution is 8.49. The molecule has 0 heterocycles. The maximum absolute atomic E-state index is 6.05. The number of hydrogen-bond acceptors (Lipinski definition) is 7. The van der Waals surface area contributed by atoms with Crippen molar-refractivity contribution in [2.24, 2.45) is 0 Å². The summed E-state index contributed by atoms with van der Waals surface area (Å²) in [5.41, 5.74) is 0. The summed E-state index contributed by atoms with van der Waals surface area (Å²) >= 11 is 0. The molecule has 0 amide bonds. The zero-order valence-corrected chi connectivity index (χ0v) is 28.2. The molecule has 0 aliphatic carbocycles. The lowest BCUT2D eigenvalue weighted by Gasteiger charge is -2.34. The predicted molar refractivity (Wildman–Crippen MR) is 152 cm³/mol. The summed E-state index contributed by atoms with van der Waals surface area (Å²) < 4.78 is 36.3. The Morgan fingerprint density at radius 2 is 0.667 bits per heavy atom. The van der Waals surface area contributed by atoms with Crippen LogP contribution in [-0.2, 0) is 26.6 Å². The van der Waals surface area contributed by atoms with Crippen LogP contribution in [0, 0.1) is 0 Å². The van der Waals surface area contributed by atoms with Gasteiger partial charge in [-0.25, -0.2) is 10.7 Å². The molecule has 0 saturated carbocycles. The molecule has 200 valence electrons. The average Bonchev–Trinajstić information content (AvgIpc) is 2.68. The summed E-state index contributed by atoms with van der Waals surface area (Å²) in [7, 11) is -5.51. The van der Waals surface area contributed by atoms with E-state index in [9.17, 15) is 0 Å². The zero-order valence-electron chi connectivity index (χ0n) is 23.3. The van der Waals surface area contributed by atoms with Crippen molar-refractivity contribution in [3.8, 4) is 0 Å². The van der Waals surface area contributed by atoms with Crippen molar-refractivity contribution < 1.29 is 26.6 Å². The quantitative estimate of drug-likeness (QED) is 0.132. The maximum Gasteiger partial charge on any atom is 0.500 e. The van der Waals surface area contributed by atoms with Crippen molar-refractivity contribution >= 4 is 42.7 Å². The van der Waals surface area contributed by atoms with Gasteiger partial charge in [-0.1, -0.05) is 39.0 Å². The van der Waals surface area contributed by atoms with E-state index in [1.54, 1.807) is 0 Å². The van der Waals surface area contributed by atoms with E-state index in [4.69, 9.17) is 26.6 Å². The van der Waals surface area contributed by atoms with E-state index in [2.05, 4.69) is 36.8 Å². The fraction of sp³-hybridized carbons (Fsp3) is 1.00. The smallest absolute Gasteiger partial charge is 0.374 e. The highest BCUT2D eigenvalue weighted by Crippen LogP contribution is 2.39. The van der Waals surface area contributed by atoms with Crippen LogP contribution < -0.4 is 0 Å². The fourth-order valence-electron chi connectivity index (χ4n) is 4.31. The third kappa shape index (κ3) is 14.3. The summed E-state index contributed by atoms with van der Waals surface area (Å²) in [6, 6.07) is 4.39. The first kappa shape index (κ1) is 34.0. The van der Waals surface area contributed by atoms with Gasteiger partial charge in [0.25, 0.3) is 0 Å². The molecule has 0 spiro atoms. The maximum atomic E-state index is 6.05. The van der Waals surface area contributed by atoms with Crippen molar-refractivity contribution in [1.29, 1.82) is 0 Å². The van der Waals surface area contributed by atoms with Crippen LogP contribution >= 0.6 is 10.7 Å². The third-order valence-electron chi connectivity index (χ3n) is 5.26. The van der Waals surface area contributed by atoms with Gasteiger partial charge in [0.2, 0.25) is 0 Å². The zero-order chi connectivity index (χ0) is 25.4. The Kier molecular flexibility index (Phi) is 18.0. The first-order valence-corrected chi connectivity index (χ1v) is 25.6. The number of hydrogen-bond donors (Lipinski definition) is 0. The monoisotopic (exact) mass is 558 g/mol. The van der Waals surface area contributed by atoms with E-state index < -0.39 is 32.1 Å². The second-order valence-corrected chi connectivity index (χ2v) is 32.1. The highest BCUT2D eigenvalue weighted by atomic mass is 32.5. The Bertz CT molecular complexity index is 423. The van der Waals surface area contributed by atoms with Gasteiger partial charge >= 0.3 is 17.6 Å². The van der Waals surface area contributed by atoms with E-state index in [0.29, 0.717) is 39.6 Å². The van der Waals surface area contributed by atoms with Crippen LogP contribution in [0.5, 0.6) is 0 Å². The van der Waals surface area contributed by atoms with Crippen molar-refractivity contribution in [2.45, 2.75) is 105 Å². The van der Waals surface area contributed by atoms with Crippen molar-refractivity contribution in [1.82, 2.24) is 0 Å². The second-order valence-electron chi connectivity index (χ2n) is 9.29. The molecule has 0 bridgehead atoms. The molecule has 0 aromatic rings. The molecule has 0 rings (SSSR count). The fourth-order valence-corrected chi connectivity index (χ4v) is 35.3. The highest BCUT2D eigenvalue weighted by Gasteiger charge is 2.42. The SMILES string of the molecule is CCO[Si](CCC[Si](C)(C)S[Si](C)(C)CCC[Si](OCC)(OCC)OCC)(OCC)OCC. The van der Waals surface area contributed by atoms with Gasteiger partial charge in [-0.15, -0.1) is 0 Å². The van der Waals surface area contributed by atoms with E-state index in [0.717, 1.165) is 24.9 Å². The minimum absolute atomic E-state index is 0.651. The molecule has 0 saturated heterocycles. The van der Waals surface area contributed by atoms with Crippen molar-refractivity contribution in [3.63, 3.8) is 0 Å². The molecule has 0 atom stereocenters. The van der Waals surface area contributed by atoms with Gasteiger partial charge in [0.05, 0.1) is 0 Å². The largest absolute Gasteiger partial charge is 0.500 e. The molecule has 0 fully saturated rings. The van der Waals surface area contributed by atoms with Crippen LogP contribution in [0.1, 0.15) is 54.4 Å². The Labute approximate surface area is 213 Å². The second kappa shape index (κ2) is 17.4. The summed E-state index contributed by atoms with van der Waals surface area (Å²) in [6.45, 7) is 26.2. The Morgan fingerprint density at radius 1 is 0.424 bits per heavy atom.